The summed E-state index contributed by atoms with van der Waals surface area (Å²) >= 11 is 1.73. The zero-order chi connectivity index (χ0) is 18.9. The number of nitrogens with zero attached hydrogens (tertiary/aromatic N) is 1. The van der Waals surface area contributed by atoms with Gasteiger partial charge in [-0.25, -0.2) is 4.79 Å². The molecule has 1 fully saturated rings. The predicted molar refractivity (Wildman–Crippen MR) is 103 cm³/mol. The van der Waals surface area contributed by atoms with Crippen LogP contribution in [0.3, 0.4) is 0 Å². The Morgan fingerprint density at radius 1 is 1.27 bits per heavy atom. The van der Waals surface area contributed by atoms with Crippen molar-refractivity contribution < 1.29 is 19.2 Å². The van der Waals surface area contributed by atoms with E-state index in [2.05, 4.69) is 35.8 Å². The number of carbonyl (C=O) groups excluding carboxylic acids is 2. The standard InChI is InChI=1S/C19H29N3O3S/c1-4-25-19(24)22-11-9-16(10-12-22)20-18(23)14-21(2)13-15-5-7-17(26-3)8-6-15/h5-8,16H,4,9-14H2,1-3H3,(H,20,23)/p+1. The van der Waals surface area contributed by atoms with Crippen LogP contribution < -0.4 is 10.2 Å². The van der Waals surface area contributed by atoms with Crippen molar-refractivity contribution >= 4 is 23.8 Å². The van der Waals surface area contributed by atoms with E-state index in [4.69, 9.17) is 4.74 Å². The maximum Gasteiger partial charge on any atom is 0.409 e. The first kappa shape index (κ1) is 20.6. The highest BCUT2D eigenvalue weighted by molar-refractivity contribution is 7.98. The summed E-state index contributed by atoms with van der Waals surface area (Å²) in [4.78, 5) is 28.1. The van der Waals surface area contributed by atoms with Crippen LogP contribution in [0.2, 0.25) is 0 Å². The van der Waals surface area contributed by atoms with Crippen LogP contribution in [0.1, 0.15) is 25.3 Å². The second kappa shape index (κ2) is 10.4. The molecule has 1 aromatic carbocycles. The van der Waals surface area contributed by atoms with Gasteiger partial charge in [-0.3, -0.25) is 4.79 Å². The van der Waals surface area contributed by atoms with Crippen molar-refractivity contribution in [1.29, 1.82) is 0 Å². The number of thioether (sulfide) groups is 1. The molecule has 26 heavy (non-hydrogen) atoms. The molecule has 1 saturated heterocycles. The lowest BCUT2D eigenvalue weighted by Gasteiger charge is -2.31. The van der Waals surface area contributed by atoms with E-state index in [1.807, 2.05) is 7.05 Å². The summed E-state index contributed by atoms with van der Waals surface area (Å²) in [6.45, 7) is 4.74. The molecule has 144 valence electrons. The summed E-state index contributed by atoms with van der Waals surface area (Å²) in [5, 5.41) is 3.10. The number of piperidine rings is 1. The van der Waals surface area contributed by atoms with Crippen LogP contribution in [-0.2, 0) is 16.1 Å². The molecule has 2 N–H and O–H groups in total. The lowest BCUT2D eigenvalue weighted by atomic mass is 10.1. The van der Waals surface area contributed by atoms with Crippen LogP contribution in [0, 0.1) is 0 Å². The molecule has 1 atom stereocenters. The number of hydrogen-bond acceptors (Lipinski definition) is 4. The lowest BCUT2D eigenvalue weighted by molar-refractivity contribution is -0.885. The molecule has 1 aliphatic rings. The second-order valence-corrected chi connectivity index (χ2v) is 7.57. The number of nitrogens with one attached hydrogen (secondary N) is 2. The Morgan fingerprint density at radius 2 is 1.92 bits per heavy atom. The third-order valence-corrected chi connectivity index (χ3v) is 5.26. The van der Waals surface area contributed by atoms with Gasteiger partial charge in [0.15, 0.2) is 6.54 Å². The fourth-order valence-electron chi connectivity index (χ4n) is 3.13. The summed E-state index contributed by atoms with van der Waals surface area (Å²) in [5.74, 6) is 0.0674. The van der Waals surface area contributed by atoms with Crippen molar-refractivity contribution in [3.8, 4) is 0 Å². The largest absolute Gasteiger partial charge is 0.450 e. The van der Waals surface area contributed by atoms with Crippen LogP contribution in [0.15, 0.2) is 29.2 Å². The van der Waals surface area contributed by atoms with E-state index < -0.39 is 0 Å². The molecule has 2 amide bonds. The molecule has 1 aliphatic heterocycles. The van der Waals surface area contributed by atoms with E-state index >= 15 is 0 Å². The minimum absolute atomic E-state index is 0.0674. The average Bonchev–Trinajstić information content (AvgIpc) is 2.63. The Bertz CT molecular complexity index is 586. The molecule has 0 aliphatic carbocycles. The number of hydrogen-bond donors (Lipinski definition) is 2. The van der Waals surface area contributed by atoms with E-state index in [-0.39, 0.29) is 18.0 Å². The molecular weight excluding hydrogens is 350 g/mol. The normalized spacial score (nSPS) is 16.2. The number of amides is 2. The van der Waals surface area contributed by atoms with E-state index in [1.54, 1.807) is 23.6 Å². The van der Waals surface area contributed by atoms with E-state index in [0.29, 0.717) is 26.2 Å². The fraction of sp³-hybridized carbons (Fsp3) is 0.579. The lowest BCUT2D eigenvalue weighted by Crippen LogP contribution is -3.09. The number of ether oxygens (including phenoxy) is 1. The number of rotatable bonds is 7. The molecule has 2 rings (SSSR count). The highest BCUT2D eigenvalue weighted by atomic mass is 32.2. The molecule has 1 unspecified atom stereocenters. The van der Waals surface area contributed by atoms with Gasteiger partial charge in [0, 0.05) is 29.6 Å². The van der Waals surface area contributed by atoms with Crippen LogP contribution in [0.4, 0.5) is 4.79 Å². The zero-order valence-corrected chi connectivity index (χ0v) is 16.7. The molecule has 0 aromatic heterocycles. The Hall–Kier alpha value is -1.73. The Balaban J connectivity index is 1.70. The first-order valence-electron chi connectivity index (χ1n) is 9.17. The predicted octanol–water partition coefficient (Wildman–Crippen LogP) is 1.16. The third kappa shape index (κ3) is 6.53. The Labute approximate surface area is 160 Å². The van der Waals surface area contributed by atoms with Crippen molar-refractivity contribution in [3.05, 3.63) is 29.8 Å². The van der Waals surface area contributed by atoms with Crippen LogP contribution >= 0.6 is 11.8 Å². The van der Waals surface area contributed by atoms with Gasteiger partial charge in [-0.15, -0.1) is 11.8 Å². The second-order valence-electron chi connectivity index (χ2n) is 6.69. The molecule has 1 aromatic rings. The number of likely N-dealkylation sites (N-methyl/N-ethyl adjacent to an activating group) is 1. The monoisotopic (exact) mass is 380 g/mol. The molecular formula is C19H30N3O3S+. The summed E-state index contributed by atoms with van der Waals surface area (Å²) in [6, 6.07) is 8.62. The highest BCUT2D eigenvalue weighted by Crippen LogP contribution is 2.14. The Morgan fingerprint density at radius 3 is 2.50 bits per heavy atom. The van der Waals surface area contributed by atoms with Crippen molar-refractivity contribution in [2.24, 2.45) is 0 Å². The van der Waals surface area contributed by atoms with Crippen molar-refractivity contribution in [1.82, 2.24) is 10.2 Å². The fourth-order valence-corrected chi connectivity index (χ4v) is 3.54. The van der Waals surface area contributed by atoms with Gasteiger partial charge in [-0.2, -0.15) is 0 Å². The van der Waals surface area contributed by atoms with Crippen LogP contribution in [0.25, 0.3) is 0 Å². The van der Waals surface area contributed by atoms with E-state index in [0.717, 1.165) is 24.3 Å². The average molecular weight is 381 g/mol. The maximum atomic E-state index is 12.3. The minimum atomic E-state index is -0.256. The molecule has 6 nitrogen and oxygen atoms in total. The zero-order valence-electron chi connectivity index (χ0n) is 15.9. The highest BCUT2D eigenvalue weighted by Gasteiger charge is 2.25. The molecule has 7 heteroatoms. The molecule has 0 spiro atoms. The SMILES string of the molecule is CCOC(=O)N1CCC(NC(=O)C[NH+](C)Cc2ccc(SC)cc2)CC1. The first-order valence-corrected chi connectivity index (χ1v) is 10.4. The van der Waals surface area contributed by atoms with Gasteiger partial charge >= 0.3 is 6.09 Å². The van der Waals surface area contributed by atoms with Crippen LogP contribution in [0.5, 0.6) is 0 Å². The summed E-state index contributed by atoms with van der Waals surface area (Å²) in [7, 11) is 2.03. The van der Waals surface area contributed by atoms with Crippen molar-refractivity contribution in [2.75, 3.05) is 39.5 Å². The van der Waals surface area contributed by atoms with Crippen LogP contribution in [-0.4, -0.2) is 62.5 Å². The number of carbonyl (C=O) groups is 2. The smallest absolute Gasteiger partial charge is 0.409 e. The van der Waals surface area contributed by atoms with Gasteiger partial charge < -0.3 is 19.9 Å². The van der Waals surface area contributed by atoms with E-state index in [9.17, 15) is 9.59 Å². The topological polar surface area (TPSA) is 63.1 Å². The number of benzene rings is 1. The van der Waals surface area contributed by atoms with E-state index in [1.165, 1.54) is 10.5 Å². The van der Waals surface area contributed by atoms with Crippen molar-refractivity contribution in [2.45, 2.75) is 37.2 Å². The van der Waals surface area contributed by atoms with Gasteiger partial charge in [-0.1, -0.05) is 12.1 Å². The molecule has 0 radical (unpaired) electrons. The third-order valence-electron chi connectivity index (χ3n) is 4.51. The number of likely N-dealkylation sites (tertiary alicyclic amines) is 1. The van der Waals surface area contributed by atoms with Gasteiger partial charge in [0.25, 0.3) is 5.91 Å². The maximum absolute atomic E-state index is 12.3. The molecule has 0 saturated carbocycles. The first-order chi connectivity index (χ1) is 12.5. The van der Waals surface area contributed by atoms with Gasteiger partial charge in [0.1, 0.15) is 6.54 Å². The quantitative estimate of drug-likeness (QED) is 0.697. The number of quaternary nitrogens is 1. The summed E-state index contributed by atoms with van der Waals surface area (Å²) in [6.07, 6.45) is 3.36. The van der Waals surface area contributed by atoms with Gasteiger partial charge in [0.05, 0.1) is 13.7 Å². The molecule has 0 bridgehead atoms. The van der Waals surface area contributed by atoms with Crippen molar-refractivity contribution in [3.63, 3.8) is 0 Å². The van der Waals surface area contributed by atoms with Gasteiger partial charge in [0.2, 0.25) is 0 Å². The minimum Gasteiger partial charge on any atom is -0.450 e. The molecule has 1 heterocycles. The Kier molecular flexibility index (Phi) is 8.25. The van der Waals surface area contributed by atoms with Gasteiger partial charge in [-0.05, 0) is 38.2 Å². The summed E-state index contributed by atoms with van der Waals surface area (Å²) in [5.41, 5.74) is 1.23. The summed E-state index contributed by atoms with van der Waals surface area (Å²) < 4.78 is 5.02.